The van der Waals surface area contributed by atoms with Crippen LogP contribution < -0.4 is 5.32 Å². The van der Waals surface area contributed by atoms with Gasteiger partial charge in [-0.15, -0.1) is 11.3 Å². The molecule has 1 saturated heterocycles. The molecule has 1 saturated carbocycles. The Balaban J connectivity index is 1.42. The Kier molecular flexibility index (Phi) is 7.41. The van der Waals surface area contributed by atoms with E-state index >= 15 is 0 Å². The quantitative estimate of drug-likeness (QED) is 0.412. The fraction of sp³-hybridized carbons (Fsp3) is 0.407. The number of halogens is 4. The van der Waals surface area contributed by atoms with Crippen molar-refractivity contribution in [2.75, 3.05) is 6.54 Å². The molecule has 0 bridgehead atoms. The molecule has 0 spiro atoms. The summed E-state index contributed by atoms with van der Waals surface area (Å²) in [6.07, 6.45) is 5.34. The number of carbonyl (C=O) groups is 1. The molecule has 210 valence electrons. The lowest BCUT2D eigenvalue weighted by Gasteiger charge is -2.32. The topological polar surface area (TPSA) is 95.6 Å². The molecular weight excluding hydrogens is 565 g/mol. The number of rotatable bonds is 6. The molecule has 1 aromatic carbocycles. The van der Waals surface area contributed by atoms with Crippen LogP contribution in [0.3, 0.4) is 0 Å². The number of hydrogen-bond donors (Lipinski definition) is 2. The lowest BCUT2D eigenvalue weighted by molar-refractivity contribution is -0.127. The van der Waals surface area contributed by atoms with Crippen LogP contribution in [0.4, 0.5) is 13.2 Å². The SMILES string of the molecule is O=C(N[C@H]1CC2=C(c3ccn(C(F)F)n3)[C@H](c3ccc(F)cc3Cl)N=C(c3nccs3)N2C1)C1CCC(O)CC1. The lowest BCUT2D eigenvalue weighted by atomic mass is 9.86. The monoisotopic (exact) mass is 590 g/mol. The van der Waals surface area contributed by atoms with E-state index in [2.05, 4.69) is 15.4 Å². The highest BCUT2D eigenvalue weighted by Crippen LogP contribution is 2.46. The highest BCUT2D eigenvalue weighted by Gasteiger charge is 2.42. The number of amides is 1. The predicted molar refractivity (Wildman–Crippen MR) is 144 cm³/mol. The van der Waals surface area contributed by atoms with Crippen LogP contribution >= 0.6 is 22.9 Å². The van der Waals surface area contributed by atoms with E-state index in [0.717, 1.165) is 5.70 Å². The Bertz CT molecular complexity index is 1470. The van der Waals surface area contributed by atoms with Gasteiger partial charge in [-0.3, -0.25) is 9.79 Å². The second kappa shape index (κ2) is 11.0. The molecule has 4 heterocycles. The first-order valence-electron chi connectivity index (χ1n) is 13.0. The highest BCUT2D eigenvalue weighted by atomic mass is 35.5. The molecule has 40 heavy (non-hydrogen) atoms. The van der Waals surface area contributed by atoms with Crippen molar-refractivity contribution in [3.8, 4) is 0 Å². The number of fused-ring (bicyclic) bond motifs is 1. The zero-order chi connectivity index (χ0) is 28.0. The Morgan fingerprint density at radius 3 is 2.67 bits per heavy atom. The van der Waals surface area contributed by atoms with E-state index in [4.69, 9.17) is 16.6 Å². The van der Waals surface area contributed by atoms with E-state index < -0.39 is 18.4 Å². The third kappa shape index (κ3) is 5.15. The zero-order valence-electron chi connectivity index (χ0n) is 21.2. The molecule has 6 rings (SSSR count). The van der Waals surface area contributed by atoms with Crippen LogP contribution in [0.15, 0.2) is 52.7 Å². The van der Waals surface area contributed by atoms with Gasteiger partial charge in [0.25, 0.3) is 0 Å². The van der Waals surface area contributed by atoms with Gasteiger partial charge in [-0.05, 0) is 43.9 Å². The number of nitrogens with one attached hydrogen (secondary N) is 1. The van der Waals surface area contributed by atoms with Crippen molar-refractivity contribution < 1.29 is 23.1 Å². The van der Waals surface area contributed by atoms with E-state index in [-0.39, 0.29) is 29.0 Å². The first-order chi connectivity index (χ1) is 19.3. The van der Waals surface area contributed by atoms with Crippen molar-refractivity contribution >= 4 is 40.3 Å². The number of aliphatic hydroxyl groups excluding tert-OH is 1. The molecule has 1 aliphatic carbocycles. The minimum absolute atomic E-state index is 0.0632. The number of thiazole rings is 1. The molecule has 2 atom stereocenters. The number of nitrogens with zero attached hydrogens (tertiary/aromatic N) is 5. The van der Waals surface area contributed by atoms with Gasteiger partial charge >= 0.3 is 6.55 Å². The van der Waals surface area contributed by atoms with Gasteiger partial charge < -0.3 is 15.3 Å². The van der Waals surface area contributed by atoms with Gasteiger partial charge in [0.1, 0.15) is 11.9 Å². The standard InChI is InChI=1S/C27H26ClF3N6O2S/c28-19-11-15(29)3-6-18(19)23-22(20-7-9-37(35-20)27(30)31)21-12-16(33-25(39)14-1-4-17(38)5-2-14)13-36(21)24(34-23)26-32-8-10-40-26/h3,6-11,14,16-17,23,27,38H,1-2,4-5,12-13H2,(H,33,39)/t14?,16-,17?,23-/m0/s1. The number of aliphatic imine (C=N–C) groups is 1. The summed E-state index contributed by atoms with van der Waals surface area (Å²) in [5.74, 6) is -0.184. The van der Waals surface area contributed by atoms with Crippen LogP contribution in [-0.2, 0) is 4.79 Å². The van der Waals surface area contributed by atoms with Crippen LogP contribution in [0.1, 0.15) is 61.0 Å². The third-order valence-electron chi connectivity index (χ3n) is 7.64. The van der Waals surface area contributed by atoms with E-state index in [1.165, 1.54) is 41.8 Å². The average Bonchev–Trinajstić information content (AvgIpc) is 3.69. The summed E-state index contributed by atoms with van der Waals surface area (Å²) in [5, 5.41) is 19.8. The number of alkyl halides is 2. The Labute approximate surface area is 237 Å². The van der Waals surface area contributed by atoms with E-state index in [1.807, 2.05) is 10.3 Å². The summed E-state index contributed by atoms with van der Waals surface area (Å²) >= 11 is 7.90. The fourth-order valence-electron chi connectivity index (χ4n) is 5.71. The zero-order valence-corrected chi connectivity index (χ0v) is 22.8. The Morgan fingerprint density at radius 2 is 2.00 bits per heavy atom. The van der Waals surface area contributed by atoms with Crippen LogP contribution in [-0.4, -0.2) is 55.2 Å². The largest absolute Gasteiger partial charge is 0.393 e. The van der Waals surface area contributed by atoms with Gasteiger partial charge in [0.05, 0.1) is 17.8 Å². The van der Waals surface area contributed by atoms with Crippen LogP contribution in [0.5, 0.6) is 0 Å². The molecule has 8 nitrogen and oxygen atoms in total. The maximum absolute atomic E-state index is 14.0. The van der Waals surface area contributed by atoms with Gasteiger partial charge in [-0.25, -0.2) is 14.1 Å². The predicted octanol–water partition coefficient (Wildman–Crippen LogP) is 5.18. The van der Waals surface area contributed by atoms with Crippen LogP contribution in [0.25, 0.3) is 5.57 Å². The Morgan fingerprint density at radius 1 is 1.20 bits per heavy atom. The molecule has 0 unspecified atom stereocenters. The molecule has 2 aromatic heterocycles. The number of amidine groups is 1. The molecule has 1 amide bonds. The summed E-state index contributed by atoms with van der Waals surface area (Å²) in [5.41, 5.74) is 2.11. The maximum Gasteiger partial charge on any atom is 0.333 e. The summed E-state index contributed by atoms with van der Waals surface area (Å²) in [7, 11) is 0. The van der Waals surface area contributed by atoms with Crippen LogP contribution in [0, 0.1) is 11.7 Å². The van der Waals surface area contributed by atoms with Gasteiger partial charge in [-0.1, -0.05) is 17.7 Å². The molecule has 3 aliphatic rings. The molecule has 2 fully saturated rings. The minimum Gasteiger partial charge on any atom is -0.393 e. The number of carbonyl (C=O) groups excluding carboxylic acids is 1. The maximum atomic E-state index is 14.0. The normalized spacial score (nSPS) is 24.9. The number of benzene rings is 1. The van der Waals surface area contributed by atoms with E-state index in [9.17, 15) is 23.1 Å². The first-order valence-corrected chi connectivity index (χ1v) is 14.3. The number of aromatic nitrogens is 3. The molecule has 3 aromatic rings. The molecule has 13 heteroatoms. The molecular formula is C27H26ClF3N6O2S. The second-order valence-electron chi connectivity index (χ2n) is 10.2. The van der Waals surface area contributed by atoms with Gasteiger partial charge in [0.2, 0.25) is 5.91 Å². The average molecular weight is 591 g/mol. The van der Waals surface area contributed by atoms with Crippen molar-refractivity contribution in [1.29, 1.82) is 0 Å². The smallest absolute Gasteiger partial charge is 0.333 e. The third-order valence-corrected chi connectivity index (χ3v) is 8.74. The van der Waals surface area contributed by atoms with Gasteiger partial charge in [-0.2, -0.15) is 13.9 Å². The highest BCUT2D eigenvalue weighted by molar-refractivity contribution is 7.11. The van der Waals surface area contributed by atoms with Crippen molar-refractivity contribution in [3.05, 3.63) is 74.8 Å². The Hall–Kier alpha value is -3.22. The van der Waals surface area contributed by atoms with Crippen molar-refractivity contribution in [2.45, 2.75) is 56.8 Å². The summed E-state index contributed by atoms with van der Waals surface area (Å²) in [6.45, 7) is -2.43. The summed E-state index contributed by atoms with van der Waals surface area (Å²) in [4.78, 5) is 24.6. The molecule has 2 aliphatic heterocycles. The first kappa shape index (κ1) is 27.0. The van der Waals surface area contributed by atoms with Crippen molar-refractivity contribution in [3.63, 3.8) is 0 Å². The van der Waals surface area contributed by atoms with Crippen LogP contribution in [0.2, 0.25) is 5.02 Å². The van der Waals surface area contributed by atoms with E-state index in [1.54, 1.807) is 6.20 Å². The minimum atomic E-state index is -2.83. The molecule has 0 radical (unpaired) electrons. The number of aliphatic hydroxyl groups is 1. The number of hydrogen-bond acceptors (Lipinski definition) is 7. The van der Waals surface area contributed by atoms with E-state index in [0.29, 0.717) is 71.0 Å². The second-order valence-corrected chi connectivity index (χ2v) is 11.5. The fourth-order valence-corrected chi connectivity index (χ4v) is 6.62. The lowest BCUT2D eigenvalue weighted by Crippen LogP contribution is -2.42. The summed E-state index contributed by atoms with van der Waals surface area (Å²) in [6, 6.07) is 4.46. The van der Waals surface area contributed by atoms with Gasteiger partial charge in [0, 0.05) is 58.5 Å². The van der Waals surface area contributed by atoms with Crippen molar-refractivity contribution in [1.82, 2.24) is 25.0 Å². The molecule has 2 N–H and O–H groups in total. The summed E-state index contributed by atoms with van der Waals surface area (Å²) < 4.78 is 41.6. The van der Waals surface area contributed by atoms with Gasteiger partial charge in [0.15, 0.2) is 10.8 Å². The van der Waals surface area contributed by atoms with Crippen molar-refractivity contribution in [2.24, 2.45) is 10.9 Å².